The van der Waals surface area contributed by atoms with E-state index in [9.17, 15) is 22.4 Å². The van der Waals surface area contributed by atoms with Crippen molar-refractivity contribution in [1.29, 1.82) is 0 Å². The van der Waals surface area contributed by atoms with E-state index < -0.39 is 12.1 Å². The van der Waals surface area contributed by atoms with E-state index in [1.807, 2.05) is 29.2 Å². The smallest absolute Gasteiger partial charge is 0.490 e. The molecule has 0 saturated heterocycles. The van der Waals surface area contributed by atoms with Crippen molar-refractivity contribution in [2.75, 3.05) is 20.2 Å². The summed E-state index contributed by atoms with van der Waals surface area (Å²) in [6, 6.07) is 13.5. The first-order chi connectivity index (χ1) is 16.1. The fraction of sp³-hybridized carbons (Fsp3) is 0.261. The van der Waals surface area contributed by atoms with Gasteiger partial charge in [-0.2, -0.15) is 18.3 Å². The Balaban J connectivity index is 0.000000406. The van der Waals surface area contributed by atoms with Crippen LogP contribution in [-0.4, -0.2) is 58.5 Å². The number of hydrogen-bond donors (Lipinski definition) is 2. The first-order valence-corrected chi connectivity index (χ1v) is 10.2. The van der Waals surface area contributed by atoms with Crippen LogP contribution >= 0.6 is 0 Å². The maximum atomic E-state index is 13.1. The van der Waals surface area contributed by atoms with Gasteiger partial charge in [-0.05, 0) is 42.8 Å². The Hall–Kier alpha value is -3.89. The minimum atomic E-state index is -5.08. The molecule has 0 saturated carbocycles. The number of H-pyrrole nitrogens is 1. The summed E-state index contributed by atoms with van der Waals surface area (Å²) >= 11 is 0. The van der Waals surface area contributed by atoms with Gasteiger partial charge < -0.3 is 14.7 Å². The van der Waals surface area contributed by atoms with Crippen LogP contribution in [0, 0.1) is 5.82 Å². The molecule has 0 fully saturated rings. The summed E-state index contributed by atoms with van der Waals surface area (Å²) < 4.78 is 50.3. The van der Waals surface area contributed by atoms with Crippen molar-refractivity contribution in [3.8, 4) is 17.0 Å². The highest BCUT2D eigenvalue weighted by Gasteiger charge is 2.38. The number of carboxylic acids is 1. The number of amides is 1. The molecule has 180 valence electrons. The molecular weight excluding hydrogens is 458 g/mol. The summed E-state index contributed by atoms with van der Waals surface area (Å²) in [5, 5.41) is 14.8. The predicted octanol–water partition coefficient (Wildman–Crippen LogP) is 4.10. The third-order valence-electron chi connectivity index (χ3n) is 5.20. The topological polar surface area (TPSA) is 95.5 Å². The fourth-order valence-electron chi connectivity index (χ4n) is 3.52. The number of aromatic nitrogens is 2. The normalized spacial score (nSPS) is 13.3. The number of alkyl halides is 3. The summed E-state index contributed by atoms with van der Waals surface area (Å²) in [4.78, 5) is 23.5. The summed E-state index contributed by atoms with van der Waals surface area (Å²) in [6.45, 7) is 1.18. The molecule has 2 N–H and O–H groups in total. The monoisotopic (exact) mass is 479 g/mol. The third-order valence-corrected chi connectivity index (χ3v) is 5.20. The molecule has 4 rings (SSSR count). The Morgan fingerprint density at radius 1 is 1.06 bits per heavy atom. The Bertz CT molecular complexity index is 1160. The van der Waals surface area contributed by atoms with Crippen molar-refractivity contribution in [2.45, 2.75) is 19.0 Å². The molecule has 2 heterocycles. The molecule has 1 aliphatic heterocycles. The second-order valence-electron chi connectivity index (χ2n) is 7.33. The lowest BCUT2D eigenvalue weighted by molar-refractivity contribution is -0.192. The number of hydrogen-bond acceptors (Lipinski definition) is 4. The van der Waals surface area contributed by atoms with Gasteiger partial charge in [0.15, 0.2) is 0 Å². The van der Waals surface area contributed by atoms with Gasteiger partial charge in [-0.3, -0.25) is 9.89 Å². The molecule has 1 aromatic heterocycles. The van der Waals surface area contributed by atoms with Crippen molar-refractivity contribution in [3.63, 3.8) is 0 Å². The van der Waals surface area contributed by atoms with E-state index >= 15 is 0 Å². The molecule has 0 spiro atoms. The van der Waals surface area contributed by atoms with E-state index in [1.165, 1.54) is 24.3 Å². The molecule has 7 nitrogen and oxygen atoms in total. The molecular formula is C23H21F4N3O4. The average Bonchev–Trinajstić information content (AvgIpc) is 3.09. The lowest BCUT2D eigenvalue weighted by Gasteiger charge is -2.20. The highest BCUT2D eigenvalue weighted by Crippen LogP contribution is 2.33. The summed E-state index contributed by atoms with van der Waals surface area (Å²) in [5.74, 6) is -2.40. The van der Waals surface area contributed by atoms with Gasteiger partial charge in [0.2, 0.25) is 0 Å². The maximum Gasteiger partial charge on any atom is 0.490 e. The van der Waals surface area contributed by atoms with Crippen LogP contribution in [0.5, 0.6) is 5.75 Å². The molecule has 2 aromatic carbocycles. The van der Waals surface area contributed by atoms with E-state index in [4.69, 9.17) is 14.6 Å². The molecule has 0 radical (unpaired) electrons. The number of carbonyl (C=O) groups excluding carboxylic acids is 1. The number of aromatic amines is 1. The molecule has 34 heavy (non-hydrogen) atoms. The van der Waals surface area contributed by atoms with Crippen LogP contribution in [0.25, 0.3) is 11.3 Å². The molecule has 1 amide bonds. The van der Waals surface area contributed by atoms with E-state index in [1.54, 1.807) is 7.11 Å². The minimum absolute atomic E-state index is 0.0769. The molecule has 11 heteroatoms. The lowest BCUT2D eigenvalue weighted by Crippen LogP contribution is -2.33. The van der Waals surface area contributed by atoms with E-state index in [0.29, 0.717) is 31.5 Å². The Labute approximate surface area is 192 Å². The van der Waals surface area contributed by atoms with Gasteiger partial charge in [-0.25, -0.2) is 9.18 Å². The van der Waals surface area contributed by atoms with Gasteiger partial charge >= 0.3 is 12.1 Å². The van der Waals surface area contributed by atoms with Crippen molar-refractivity contribution < 1.29 is 37.0 Å². The second kappa shape index (κ2) is 10.4. The van der Waals surface area contributed by atoms with E-state index in [-0.39, 0.29) is 11.7 Å². The Morgan fingerprint density at radius 3 is 2.29 bits per heavy atom. The number of nitrogens with one attached hydrogen (secondary N) is 1. The van der Waals surface area contributed by atoms with Gasteiger partial charge in [0.1, 0.15) is 11.6 Å². The first-order valence-electron chi connectivity index (χ1n) is 10.2. The number of aliphatic carboxylic acids is 1. The van der Waals surface area contributed by atoms with E-state index in [2.05, 4.69) is 10.2 Å². The van der Waals surface area contributed by atoms with Gasteiger partial charge in [-0.15, -0.1) is 0 Å². The van der Waals surface area contributed by atoms with Crippen molar-refractivity contribution in [3.05, 3.63) is 71.2 Å². The zero-order chi connectivity index (χ0) is 24.9. The van der Waals surface area contributed by atoms with Crippen molar-refractivity contribution >= 4 is 11.9 Å². The Morgan fingerprint density at radius 2 is 1.68 bits per heavy atom. The standard InChI is InChI=1S/C21H20FN3O2.C2HF3O2/c1-27-19-5-3-2-4-17(19)20-16-10-12-25(13-11-18(16)23-24-20)21(26)14-6-8-15(22)9-7-14;3-2(4,5)1(6)7/h2-9H,10-13H2,1H3,(H,23,24);(H,6,7). The number of benzene rings is 2. The van der Waals surface area contributed by atoms with Gasteiger partial charge in [0.05, 0.1) is 12.8 Å². The number of para-hydroxylation sites is 1. The van der Waals surface area contributed by atoms with Crippen LogP contribution in [0.2, 0.25) is 0 Å². The molecule has 0 atom stereocenters. The predicted molar refractivity (Wildman–Crippen MR) is 114 cm³/mol. The van der Waals surface area contributed by atoms with Crippen LogP contribution in [0.1, 0.15) is 21.6 Å². The number of rotatable bonds is 3. The quantitative estimate of drug-likeness (QED) is 0.552. The van der Waals surface area contributed by atoms with Crippen LogP contribution in [0.15, 0.2) is 48.5 Å². The van der Waals surface area contributed by atoms with Gasteiger partial charge in [0.25, 0.3) is 5.91 Å². The van der Waals surface area contributed by atoms with Crippen LogP contribution in [0.3, 0.4) is 0 Å². The molecule has 0 aliphatic carbocycles. The number of carboxylic acid groups (broad SMARTS) is 1. The molecule has 1 aliphatic rings. The SMILES string of the molecule is COc1ccccc1-c1n[nH]c2c1CCN(C(=O)c1ccc(F)cc1)CC2.O=C(O)C(F)(F)F. The Kier molecular flexibility index (Phi) is 7.54. The average molecular weight is 479 g/mol. The minimum Gasteiger partial charge on any atom is -0.496 e. The van der Waals surface area contributed by atoms with Crippen molar-refractivity contribution in [1.82, 2.24) is 15.1 Å². The maximum absolute atomic E-state index is 13.1. The highest BCUT2D eigenvalue weighted by atomic mass is 19.4. The number of nitrogens with zero attached hydrogens (tertiary/aromatic N) is 2. The third kappa shape index (κ3) is 5.72. The number of ether oxygens (including phenoxy) is 1. The summed E-state index contributed by atoms with van der Waals surface area (Å²) in [6.07, 6.45) is -3.68. The highest BCUT2D eigenvalue weighted by molar-refractivity contribution is 5.94. The molecule has 0 unspecified atom stereocenters. The van der Waals surface area contributed by atoms with Crippen LogP contribution in [0.4, 0.5) is 17.6 Å². The fourth-order valence-corrected chi connectivity index (χ4v) is 3.52. The zero-order valence-electron chi connectivity index (χ0n) is 18.0. The molecule has 3 aromatic rings. The summed E-state index contributed by atoms with van der Waals surface area (Å²) in [5.41, 5.74) is 4.48. The largest absolute Gasteiger partial charge is 0.496 e. The number of methoxy groups -OCH3 is 1. The van der Waals surface area contributed by atoms with E-state index in [0.717, 1.165) is 28.3 Å². The number of fused-ring (bicyclic) bond motifs is 1. The number of halogens is 4. The van der Waals surface area contributed by atoms with Crippen LogP contribution < -0.4 is 4.74 Å². The van der Waals surface area contributed by atoms with Gasteiger partial charge in [-0.1, -0.05) is 12.1 Å². The van der Waals surface area contributed by atoms with Gasteiger partial charge in [0, 0.05) is 41.9 Å². The molecule has 0 bridgehead atoms. The second-order valence-corrected chi connectivity index (χ2v) is 7.33. The first kappa shape index (κ1) is 24.7. The summed E-state index contributed by atoms with van der Waals surface area (Å²) in [7, 11) is 1.65. The zero-order valence-corrected chi connectivity index (χ0v) is 18.0. The van der Waals surface area contributed by atoms with Crippen LogP contribution in [-0.2, 0) is 17.6 Å². The van der Waals surface area contributed by atoms with Crippen molar-refractivity contribution in [2.24, 2.45) is 0 Å². The lowest BCUT2D eigenvalue weighted by atomic mass is 10.0. The number of carbonyl (C=O) groups is 2.